The van der Waals surface area contributed by atoms with Crippen molar-refractivity contribution in [3.63, 3.8) is 0 Å². The molecule has 0 radical (unpaired) electrons. The molecule has 1 aliphatic carbocycles. The van der Waals surface area contributed by atoms with Crippen LogP contribution in [0, 0.1) is 0 Å². The molecule has 1 amide bonds. The van der Waals surface area contributed by atoms with E-state index >= 15 is 0 Å². The zero-order valence-corrected chi connectivity index (χ0v) is 21.7. The molecular weight excluding hydrogens is 507 g/mol. The summed E-state index contributed by atoms with van der Waals surface area (Å²) in [6.07, 6.45) is 7.72. The molecule has 0 unspecified atom stereocenters. The van der Waals surface area contributed by atoms with Gasteiger partial charge < -0.3 is 25.0 Å². The highest BCUT2D eigenvalue weighted by atomic mass is 127. The Morgan fingerprint density at radius 2 is 1.84 bits per heavy atom. The Bertz CT molecular complexity index is 659. The van der Waals surface area contributed by atoms with Crippen LogP contribution in [0.4, 0.5) is 5.69 Å². The van der Waals surface area contributed by atoms with Gasteiger partial charge in [0.15, 0.2) is 5.96 Å². The molecule has 8 heteroatoms. The standard InChI is InChI=1S/C23H38N4O3.HI/c1-18(2)30-21-13-11-19(12-14-21)26-23(25-17-22(28)27(3)4)24-15-8-16-29-20-9-6-5-7-10-20;/h11-14,18,20H,5-10,15-17H2,1-4H3,(H2,24,25,26);1H. The number of anilines is 1. The normalized spacial score (nSPS) is 14.7. The van der Waals surface area contributed by atoms with Gasteiger partial charge >= 0.3 is 0 Å². The predicted octanol–water partition coefficient (Wildman–Crippen LogP) is 4.28. The Hall–Kier alpha value is -1.55. The highest BCUT2D eigenvalue weighted by molar-refractivity contribution is 14.0. The average molecular weight is 546 g/mol. The van der Waals surface area contributed by atoms with Crippen molar-refractivity contribution in [1.29, 1.82) is 0 Å². The Labute approximate surface area is 204 Å². The van der Waals surface area contributed by atoms with E-state index in [9.17, 15) is 4.79 Å². The first-order chi connectivity index (χ1) is 14.4. The molecule has 0 bridgehead atoms. The van der Waals surface area contributed by atoms with Gasteiger partial charge in [-0.2, -0.15) is 0 Å². The summed E-state index contributed by atoms with van der Waals surface area (Å²) < 4.78 is 11.7. The maximum Gasteiger partial charge on any atom is 0.243 e. The van der Waals surface area contributed by atoms with Crippen molar-refractivity contribution >= 4 is 41.5 Å². The fourth-order valence-electron chi connectivity index (χ4n) is 3.21. The van der Waals surface area contributed by atoms with Gasteiger partial charge in [0.05, 0.1) is 12.2 Å². The van der Waals surface area contributed by atoms with Crippen LogP contribution in [0.2, 0.25) is 0 Å². The van der Waals surface area contributed by atoms with Gasteiger partial charge in [0.1, 0.15) is 12.3 Å². The second kappa shape index (κ2) is 15.3. The van der Waals surface area contributed by atoms with E-state index in [4.69, 9.17) is 9.47 Å². The van der Waals surface area contributed by atoms with Crippen molar-refractivity contribution in [2.45, 2.75) is 64.6 Å². The number of halogens is 1. The van der Waals surface area contributed by atoms with Crippen LogP contribution < -0.4 is 15.4 Å². The number of carbonyl (C=O) groups excluding carboxylic acids is 1. The van der Waals surface area contributed by atoms with Crippen LogP contribution in [0.1, 0.15) is 52.4 Å². The number of rotatable bonds is 10. The summed E-state index contributed by atoms with van der Waals surface area (Å²) >= 11 is 0. The summed E-state index contributed by atoms with van der Waals surface area (Å²) in [4.78, 5) is 17.9. The number of likely N-dealkylation sites (N-methyl/N-ethyl adjacent to an activating group) is 1. The topological polar surface area (TPSA) is 75.2 Å². The van der Waals surface area contributed by atoms with Crippen LogP contribution in [0.15, 0.2) is 29.3 Å². The van der Waals surface area contributed by atoms with E-state index < -0.39 is 0 Å². The van der Waals surface area contributed by atoms with Crippen LogP contribution in [0.3, 0.4) is 0 Å². The molecule has 31 heavy (non-hydrogen) atoms. The molecule has 0 aromatic heterocycles. The number of amides is 1. The van der Waals surface area contributed by atoms with Gasteiger partial charge in [-0.1, -0.05) is 19.3 Å². The van der Waals surface area contributed by atoms with Crippen molar-refractivity contribution in [2.75, 3.05) is 39.1 Å². The zero-order chi connectivity index (χ0) is 21.8. The first kappa shape index (κ1) is 27.5. The van der Waals surface area contributed by atoms with Crippen molar-refractivity contribution < 1.29 is 14.3 Å². The molecule has 0 spiro atoms. The number of hydrogen-bond acceptors (Lipinski definition) is 4. The molecule has 1 aliphatic rings. The minimum atomic E-state index is -0.0441. The third-order valence-electron chi connectivity index (χ3n) is 4.88. The summed E-state index contributed by atoms with van der Waals surface area (Å²) in [6, 6.07) is 7.72. The minimum Gasteiger partial charge on any atom is -0.491 e. The number of nitrogens with zero attached hydrogens (tertiary/aromatic N) is 2. The quantitative estimate of drug-likeness (QED) is 0.199. The lowest BCUT2D eigenvalue weighted by molar-refractivity contribution is -0.127. The van der Waals surface area contributed by atoms with Gasteiger partial charge in [-0.15, -0.1) is 24.0 Å². The van der Waals surface area contributed by atoms with Crippen LogP contribution in [-0.2, 0) is 9.53 Å². The second-order valence-corrected chi connectivity index (χ2v) is 8.18. The third-order valence-corrected chi connectivity index (χ3v) is 4.88. The van der Waals surface area contributed by atoms with Gasteiger partial charge in [-0.05, 0) is 57.4 Å². The maximum atomic E-state index is 11.9. The molecule has 1 aromatic rings. The smallest absolute Gasteiger partial charge is 0.243 e. The number of nitrogens with one attached hydrogen (secondary N) is 2. The lowest BCUT2D eigenvalue weighted by Crippen LogP contribution is -2.34. The van der Waals surface area contributed by atoms with E-state index in [1.165, 1.54) is 37.0 Å². The highest BCUT2D eigenvalue weighted by Gasteiger charge is 2.13. The Balaban J connectivity index is 0.00000480. The monoisotopic (exact) mass is 546 g/mol. The van der Waals surface area contributed by atoms with Gasteiger partial charge in [-0.3, -0.25) is 4.79 Å². The average Bonchev–Trinajstić information content (AvgIpc) is 2.73. The molecule has 176 valence electrons. The summed E-state index contributed by atoms with van der Waals surface area (Å²) in [5.41, 5.74) is 0.883. The predicted molar refractivity (Wildman–Crippen MR) is 138 cm³/mol. The van der Waals surface area contributed by atoms with Crippen molar-refractivity contribution in [1.82, 2.24) is 10.2 Å². The SMILES string of the molecule is CC(C)Oc1ccc(NC(=NCC(=O)N(C)C)NCCCOC2CCCCC2)cc1.I. The fraction of sp³-hybridized carbons (Fsp3) is 0.652. The molecule has 1 saturated carbocycles. The van der Waals surface area contributed by atoms with Gasteiger partial charge in [0.2, 0.25) is 5.91 Å². The minimum absolute atomic E-state index is 0. The maximum absolute atomic E-state index is 11.9. The largest absolute Gasteiger partial charge is 0.491 e. The molecule has 2 rings (SSSR count). The van der Waals surface area contributed by atoms with Crippen LogP contribution >= 0.6 is 24.0 Å². The van der Waals surface area contributed by atoms with E-state index in [1.807, 2.05) is 38.1 Å². The van der Waals surface area contributed by atoms with Gasteiger partial charge in [0, 0.05) is 32.9 Å². The van der Waals surface area contributed by atoms with Crippen LogP contribution in [0.25, 0.3) is 0 Å². The number of carbonyl (C=O) groups is 1. The van der Waals surface area contributed by atoms with E-state index in [0.717, 1.165) is 31.0 Å². The summed E-state index contributed by atoms with van der Waals surface area (Å²) in [6.45, 7) is 5.56. The Kier molecular flexibility index (Phi) is 13.6. The molecule has 1 fully saturated rings. The van der Waals surface area contributed by atoms with Crippen LogP contribution in [0.5, 0.6) is 5.75 Å². The third kappa shape index (κ3) is 11.6. The number of guanidine groups is 1. The molecule has 0 atom stereocenters. The highest BCUT2D eigenvalue weighted by Crippen LogP contribution is 2.20. The summed E-state index contributed by atoms with van der Waals surface area (Å²) in [5, 5.41) is 6.57. The molecule has 0 aliphatic heterocycles. The van der Waals surface area contributed by atoms with Crippen LogP contribution in [-0.4, -0.2) is 62.8 Å². The molecule has 0 saturated heterocycles. The van der Waals surface area contributed by atoms with Crippen molar-refractivity contribution in [3.8, 4) is 5.75 Å². The van der Waals surface area contributed by atoms with Gasteiger partial charge in [0.25, 0.3) is 0 Å². The fourth-order valence-corrected chi connectivity index (χ4v) is 3.21. The number of aliphatic imine (C=N–C) groups is 1. The Morgan fingerprint density at radius 3 is 2.45 bits per heavy atom. The molecule has 1 aromatic carbocycles. The molecular formula is C23H39IN4O3. The van der Waals surface area contributed by atoms with Crippen molar-refractivity contribution in [2.24, 2.45) is 4.99 Å². The first-order valence-corrected chi connectivity index (χ1v) is 11.1. The van der Waals surface area contributed by atoms with E-state index in [1.54, 1.807) is 14.1 Å². The Morgan fingerprint density at radius 1 is 1.16 bits per heavy atom. The number of benzene rings is 1. The van der Waals surface area contributed by atoms with Crippen molar-refractivity contribution in [3.05, 3.63) is 24.3 Å². The lowest BCUT2D eigenvalue weighted by Gasteiger charge is -2.22. The molecule has 7 nitrogen and oxygen atoms in total. The number of hydrogen-bond donors (Lipinski definition) is 2. The molecule has 2 N–H and O–H groups in total. The molecule has 0 heterocycles. The van der Waals surface area contributed by atoms with Gasteiger partial charge in [-0.25, -0.2) is 4.99 Å². The van der Waals surface area contributed by atoms with E-state index in [0.29, 0.717) is 12.1 Å². The summed E-state index contributed by atoms with van der Waals surface area (Å²) in [7, 11) is 3.46. The first-order valence-electron chi connectivity index (χ1n) is 11.1. The summed E-state index contributed by atoms with van der Waals surface area (Å²) in [5.74, 6) is 1.36. The van der Waals surface area contributed by atoms with E-state index in [-0.39, 0.29) is 42.5 Å². The zero-order valence-electron chi connectivity index (χ0n) is 19.4. The number of ether oxygens (including phenoxy) is 2. The lowest BCUT2D eigenvalue weighted by atomic mass is 9.98. The van der Waals surface area contributed by atoms with E-state index in [2.05, 4.69) is 15.6 Å². The second-order valence-electron chi connectivity index (χ2n) is 8.18.